The number of aliphatic hydroxyl groups excluding tert-OH is 1. The molecule has 4 nitrogen and oxygen atoms in total. The molecule has 4 N–H and O–H groups in total. The second-order valence-corrected chi connectivity index (χ2v) is 5.09. The van der Waals surface area contributed by atoms with Gasteiger partial charge < -0.3 is 20.9 Å². The van der Waals surface area contributed by atoms with Gasteiger partial charge in [-0.25, -0.2) is 0 Å². The molecule has 2 rings (SSSR count). The Bertz CT molecular complexity index is 409. The Morgan fingerprint density at radius 2 is 2.26 bits per heavy atom. The Morgan fingerprint density at radius 3 is 2.95 bits per heavy atom. The topological polar surface area (TPSA) is 67.5 Å². The van der Waals surface area contributed by atoms with Crippen LogP contribution >= 0.6 is 0 Å². The van der Waals surface area contributed by atoms with Crippen LogP contribution < -0.4 is 15.8 Å². The molecule has 0 heterocycles. The van der Waals surface area contributed by atoms with Crippen molar-refractivity contribution in [1.82, 2.24) is 0 Å². The third kappa shape index (κ3) is 3.39. The van der Waals surface area contributed by atoms with Gasteiger partial charge in [0.15, 0.2) is 0 Å². The molecule has 1 aromatic carbocycles. The number of aliphatic hydroxyl groups is 1. The van der Waals surface area contributed by atoms with Gasteiger partial charge in [-0.3, -0.25) is 0 Å². The van der Waals surface area contributed by atoms with Crippen LogP contribution in [0.25, 0.3) is 0 Å². The molecule has 1 aliphatic carbocycles. The monoisotopic (exact) mass is 264 g/mol. The van der Waals surface area contributed by atoms with Crippen LogP contribution in [0.2, 0.25) is 0 Å². The fraction of sp³-hybridized carbons (Fsp3) is 0.600. The van der Waals surface area contributed by atoms with Crippen molar-refractivity contribution in [3.63, 3.8) is 0 Å². The molecule has 106 valence electrons. The Hall–Kier alpha value is -1.26. The first-order chi connectivity index (χ1) is 9.28. The molecule has 1 aromatic rings. The molecule has 0 aromatic heterocycles. The molecule has 2 atom stereocenters. The van der Waals surface area contributed by atoms with Gasteiger partial charge in [0, 0.05) is 17.3 Å². The maximum absolute atomic E-state index is 9.40. The SMILES string of the molecule is CCOc1ccc(NC2CCCC2CN)cc1CO. The lowest BCUT2D eigenvalue weighted by molar-refractivity contribution is 0.267. The van der Waals surface area contributed by atoms with E-state index in [0.717, 1.165) is 23.5 Å². The summed E-state index contributed by atoms with van der Waals surface area (Å²) in [5, 5.41) is 12.9. The highest BCUT2D eigenvalue weighted by Gasteiger charge is 2.25. The summed E-state index contributed by atoms with van der Waals surface area (Å²) in [7, 11) is 0. The molecule has 2 unspecified atom stereocenters. The largest absolute Gasteiger partial charge is 0.494 e. The predicted molar refractivity (Wildman–Crippen MR) is 77.3 cm³/mol. The molecule has 0 spiro atoms. The minimum Gasteiger partial charge on any atom is -0.494 e. The van der Waals surface area contributed by atoms with Crippen molar-refractivity contribution in [2.45, 2.75) is 38.8 Å². The van der Waals surface area contributed by atoms with E-state index in [-0.39, 0.29) is 6.61 Å². The zero-order chi connectivity index (χ0) is 13.7. The average Bonchev–Trinajstić information content (AvgIpc) is 2.88. The molecule has 1 fully saturated rings. The summed E-state index contributed by atoms with van der Waals surface area (Å²) in [6.45, 7) is 3.28. The van der Waals surface area contributed by atoms with Crippen molar-refractivity contribution in [1.29, 1.82) is 0 Å². The van der Waals surface area contributed by atoms with Crippen LogP contribution in [-0.4, -0.2) is 24.3 Å². The van der Waals surface area contributed by atoms with Gasteiger partial charge in [0.2, 0.25) is 0 Å². The number of rotatable bonds is 6. The normalized spacial score (nSPS) is 22.5. The molecule has 0 amide bonds. The summed E-state index contributed by atoms with van der Waals surface area (Å²) in [5.41, 5.74) is 7.67. The highest BCUT2D eigenvalue weighted by atomic mass is 16.5. The van der Waals surface area contributed by atoms with Gasteiger partial charge in [0.05, 0.1) is 13.2 Å². The number of nitrogens with one attached hydrogen (secondary N) is 1. The fourth-order valence-corrected chi connectivity index (χ4v) is 2.81. The third-order valence-electron chi connectivity index (χ3n) is 3.84. The lowest BCUT2D eigenvalue weighted by Gasteiger charge is -2.21. The summed E-state index contributed by atoms with van der Waals surface area (Å²) in [6.07, 6.45) is 3.62. The Kier molecular flexibility index (Phi) is 5.05. The Morgan fingerprint density at radius 1 is 1.42 bits per heavy atom. The zero-order valence-corrected chi connectivity index (χ0v) is 11.6. The van der Waals surface area contributed by atoms with Gasteiger partial charge in [-0.2, -0.15) is 0 Å². The molecule has 0 aliphatic heterocycles. The number of benzene rings is 1. The van der Waals surface area contributed by atoms with E-state index in [1.165, 1.54) is 19.3 Å². The van der Waals surface area contributed by atoms with E-state index < -0.39 is 0 Å². The first-order valence-corrected chi connectivity index (χ1v) is 7.11. The van der Waals surface area contributed by atoms with E-state index in [9.17, 15) is 5.11 Å². The van der Waals surface area contributed by atoms with Crippen LogP contribution in [0.3, 0.4) is 0 Å². The smallest absolute Gasteiger partial charge is 0.124 e. The summed E-state index contributed by atoms with van der Waals surface area (Å²) in [5.74, 6) is 1.32. The molecular weight excluding hydrogens is 240 g/mol. The lowest BCUT2D eigenvalue weighted by Crippen LogP contribution is -2.29. The standard InChI is InChI=1S/C15H24N2O2/c1-2-19-15-7-6-13(8-12(15)10-18)17-14-5-3-4-11(14)9-16/h6-8,11,14,17-18H,2-5,9-10,16H2,1H3. The van der Waals surface area contributed by atoms with Crippen molar-refractivity contribution in [2.75, 3.05) is 18.5 Å². The Labute approximate surface area is 115 Å². The van der Waals surface area contributed by atoms with E-state index in [0.29, 0.717) is 18.6 Å². The summed E-state index contributed by atoms with van der Waals surface area (Å²) in [4.78, 5) is 0. The van der Waals surface area contributed by atoms with E-state index >= 15 is 0 Å². The zero-order valence-electron chi connectivity index (χ0n) is 11.6. The van der Waals surface area contributed by atoms with Gasteiger partial charge in [0.25, 0.3) is 0 Å². The highest BCUT2D eigenvalue weighted by Crippen LogP contribution is 2.29. The van der Waals surface area contributed by atoms with Crippen molar-refractivity contribution in [2.24, 2.45) is 11.7 Å². The van der Waals surface area contributed by atoms with Gasteiger partial charge in [-0.05, 0) is 50.4 Å². The fourth-order valence-electron chi connectivity index (χ4n) is 2.81. The molecule has 1 aliphatic rings. The van der Waals surface area contributed by atoms with Gasteiger partial charge in [0.1, 0.15) is 5.75 Å². The van der Waals surface area contributed by atoms with Crippen molar-refractivity contribution in [3.05, 3.63) is 23.8 Å². The number of anilines is 1. The second-order valence-electron chi connectivity index (χ2n) is 5.09. The number of hydrogen-bond donors (Lipinski definition) is 3. The van der Waals surface area contributed by atoms with E-state index in [2.05, 4.69) is 5.32 Å². The van der Waals surface area contributed by atoms with Gasteiger partial charge in [-0.1, -0.05) is 6.42 Å². The highest BCUT2D eigenvalue weighted by molar-refractivity contribution is 5.51. The second kappa shape index (κ2) is 6.78. The van der Waals surface area contributed by atoms with Crippen LogP contribution in [-0.2, 0) is 6.61 Å². The number of nitrogens with two attached hydrogens (primary N) is 1. The first-order valence-electron chi connectivity index (χ1n) is 7.11. The molecule has 19 heavy (non-hydrogen) atoms. The summed E-state index contributed by atoms with van der Waals surface area (Å²) < 4.78 is 5.49. The number of ether oxygens (including phenoxy) is 1. The average molecular weight is 264 g/mol. The van der Waals surface area contributed by atoms with E-state index in [4.69, 9.17) is 10.5 Å². The molecular formula is C15H24N2O2. The van der Waals surface area contributed by atoms with Crippen LogP contribution in [0.4, 0.5) is 5.69 Å². The lowest BCUT2D eigenvalue weighted by atomic mass is 10.0. The van der Waals surface area contributed by atoms with E-state index in [1.54, 1.807) is 0 Å². The minimum absolute atomic E-state index is 0.00413. The van der Waals surface area contributed by atoms with Crippen LogP contribution in [0.5, 0.6) is 5.75 Å². The van der Waals surface area contributed by atoms with Crippen LogP contribution in [0, 0.1) is 5.92 Å². The van der Waals surface area contributed by atoms with Gasteiger partial charge >= 0.3 is 0 Å². The molecule has 0 radical (unpaired) electrons. The summed E-state index contributed by atoms with van der Waals surface area (Å²) >= 11 is 0. The number of hydrogen-bond acceptors (Lipinski definition) is 4. The first kappa shape index (κ1) is 14.2. The Balaban J connectivity index is 2.08. The van der Waals surface area contributed by atoms with Crippen LogP contribution in [0.15, 0.2) is 18.2 Å². The van der Waals surface area contributed by atoms with E-state index in [1.807, 2.05) is 25.1 Å². The maximum Gasteiger partial charge on any atom is 0.124 e. The third-order valence-corrected chi connectivity index (χ3v) is 3.84. The van der Waals surface area contributed by atoms with Crippen LogP contribution in [0.1, 0.15) is 31.7 Å². The molecule has 1 saturated carbocycles. The molecule has 0 bridgehead atoms. The molecule has 4 heteroatoms. The maximum atomic E-state index is 9.40. The summed E-state index contributed by atoms with van der Waals surface area (Å²) in [6, 6.07) is 6.35. The van der Waals surface area contributed by atoms with Crippen molar-refractivity contribution >= 4 is 5.69 Å². The van der Waals surface area contributed by atoms with Crippen molar-refractivity contribution < 1.29 is 9.84 Å². The minimum atomic E-state index is -0.00413. The van der Waals surface area contributed by atoms with Gasteiger partial charge in [-0.15, -0.1) is 0 Å². The van der Waals surface area contributed by atoms with Crippen molar-refractivity contribution in [3.8, 4) is 5.75 Å². The predicted octanol–water partition coefficient (Wildman–Crippen LogP) is 2.12. The quantitative estimate of drug-likeness (QED) is 0.736. The molecule has 0 saturated heterocycles.